The second-order valence-corrected chi connectivity index (χ2v) is 8.92. The maximum atomic E-state index is 13.3. The molecule has 6 heteroatoms. The van der Waals surface area contributed by atoms with E-state index in [0.29, 0.717) is 40.3 Å². The number of halogens is 1. The quantitative estimate of drug-likeness (QED) is 0.524. The molecule has 2 aliphatic rings. The van der Waals surface area contributed by atoms with Gasteiger partial charge in [0.15, 0.2) is 5.76 Å². The van der Waals surface area contributed by atoms with Gasteiger partial charge in [-0.3, -0.25) is 9.59 Å². The van der Waals surface area contributed by atoms with Gasteiger partial charge in [0.2, 0.25) is 0 Å². The summed E-state index contributed by atoms with van der Waals surface area (Å²) in [7, 11) is 0. The van der Waals surface area contributed by atoms with Gasteiger partial charge >= 0.3 is 0 Å². The molecule has 0 unspecified atom stereocenters. The van der Waals surface area contributed by atoms with Crippen LogP contribution in [-0.2, 0) is 0 Å². The summed E-state index contributed by atoms with van der Waals surface area (Å²) in [5, 5.41) is 2.87. The molecule has 1 saturated carbocycles. The zero-order valence-corrected chi connectivity index (χ0v) is 18.4. The number of para-hydroxylation sites is 1. The molecule has 0 spiro atoms. The molecule has 2 aromatic carbocycles. The number of nitrogens with zero attached hydrogens (tertiary/aromatic N) is 1. The van der Waals surface area contributed by atoms with Crippen LogP contribution in [0.4, 0.5) is 10.1 Å². The Bertz CT molecular complexity index is 1150. The molecule has 1 N–H and O–H groups in total. The fourth-order valence-electron chi connectivity index (χ4n) is 5.22. The van der Waals surface area contributed by atoms with Crippen LogP contribution in [0.25, 0.3) is 11.3 Å². The van der Waals surface area contributed by atoms with E-state index in [0.717, 1.165) is 19.4 Å². The summed E-state index contributed by atoms with van der Waals surface area (Å²) in [6.45, 7) is 0.778. The van der Waals surface area contributed by atoms with E-state index in [-0.39, 0.29) is 11.8 Å². The smallest absolute Gasteiger partial charge is 0.289 e. The Morgan fingerprint density at radius 1 is 0.909 bits per heavy atom. The summed E-state index contributed by atoms with van der Waals surface area (Å²) in [5.74, 6) is 0.662. The number of hydrogen-bond donors (Lipinski definition) is 1. The molecule has 2 heterocycles. The summed E-state index contributed by atoms with van der Waals surface area (Å²) >= 11 is 0. The molecule has 1 aliphatic carbocycles. The maximum Gasteiger partial charge on any atom is 0.289 e. The molecule has 170 valence electrons. The van der Waals surface area contributed by atoms with Gasteiger partial charge in [-0.2, -0.15) is 0 Å². The topological polar surface area (TPSA) is 62.6 Å². The second-order valence-electron chi connectivity index (χ2n) is 8.92. The summed E-state index contributed by atoms with van der Waals surface area (Å²) in [5.41, 5.74) is 1.60. The van der Waals surface area contributed by atoms with E-state index in [1.165, 1.54) is 49.9 Å². The lowest BCUT2D eigenvalue weighted by Gasteiger charge is -2.43. The van der Waals surface area contributed by atoms with Crippen molar-refractivity contribution in [1.82, 2.24) is 4.90 Å². The van der Waals surface area contributed by atoms with Crippen molar-refractivity contribution < 1.29 is 18.4 Å². The molecule has 2 fully saturated rings. The molecule has 1 saturated heterocycles. The van der Waals surface area contributed by atoms with Crippen molar-refractivity contribution in [2.45, 2.75) is 44.6 Å². The molecule has 1 aliphatic heterocycles. The third-order valence-corrected chi connectivity index (χ3v) is 6.87. The van der Waals surface area contributed by atoms with Crippen molar-refractivity contribution in [1.29, 1.82) is 0 Å². The van der Waals surface area contributed by atoms with Gasteiger partial charge in [0.25, 0.3) is 11.8 Å². The number of fused-ring (bicyclic) bond motifs is 1. The highest BCUT2D eigenvalue weighted by atomic mass is 19.1. The van der Waals surface area contributed by atoms with E-state index in [9.17, 15) is 14.0 Å². The Hall–Kier alpha value is -3.41. The molecule has 33 heavy (non-hydrogen) atoms. The minimum absolute atomic E-state index is 0.0503. The third-order valence-electron chi connectivity index (χ3n) is 6.87. The second kappa shape index (κ2) is 9.22. The molecule has 0 bridgehead atoms. The summed E-state index contributed by atoms with van der Waals surface area (Å²) in [6, 6.07) is 16.5. The van der Waals surface area contributed by atoms with Gasteiger partial charge in [0, 0.05) is 23.7 Å². The predicted molar refractivity (Wildman–Crippen MR) is 125 cm³/mol. The fourth-order valence-corrected chi connectivity index (χ4v) is 5.22. The number of anilines is 1. The Morgan fingerprint density at radius 3 is 2.52 bits per heavy atom. The molecule has 0 radical (unpaired) electrons. The SMILES string of the molecule is O=C(Nc1ccccc1-c1ccc(C(=O)N2CCC[C@@H]3CCCC[C@@H]32)o1)c1ccc(F)cc1. The normalized spacial score (nSPS) is 20.2. The van der Waals surface area contributed by atoms with Crippen LogP contribution in [-0.4, -0.2) is 29.3 Å². The third kappa shape index (κ3) is 4.42. The van der Waals surface area contributed by atoms with Gasteiger partial charge in [-0.05, 0) is 80.1 Å². The van der Waals surface area contributed by atoms with Crippen molar-refractivity contribution in [2.24, 2.45) is 5.92 Å². The van der Waals surface area contributed by atoms with Gasteiger partial charge in [0.05, 0.1) is 5.69 Å². The Morgan fingerprint density at radius 2 is 1.67 bits per heavy atom. The van der Waals surface area contributed by atoms with Crippen molar-refractivity contribution in [3.8, 4) is 11.3 Å². The fraction of sp³-hybridized carbons (Fsp3) is 0.333. The molecular formula is C27H27FN2O3. The van der Waals surface area contributed by atoms with Crippen LogP contribution in [0.3, 0.4) is 0 Å². The van der Waals surface area contributed by atoms with E-state index in [2.05, 4.69) is 5.32 Å². The van der Waals surface area contributed by atoms with E-state index in [1.54, 1.807) is 18.2 Å². The van der Waals surface area contributed by atoms with Gasteiger partial charge < -0.3 is 14.6 Å². The largest absolute Gasteiger partial charge is 0.451 e. The number of likely N-dealkylation sites (tertiary alicyclic amines) is 1. The van der Waals surface area contributed by atoms with E-state index < -0.39 is 5.82 Å². The van der Waals surface area contributed by atoms with Gasteiger partial charge in [-0.15, -0.1) is 0 Å². The minimum Gasteiger partial charge on any atom is -0.451 e. The van der Waals surface area contributed by atoms with Crippen LogP contribution >= 0.6 is 0 Å². The van der Waals surface area contributed by atoms with Crippen LogP contribution in [0.15, 0.2) is 65.1 Å². The number of rotatable bonds is 4. The van der Waals surface area contributed by atoms with Crippen molar-refractivity contribution in [3.05, 3.63) is 77.8 Å². The lowest BCUT2D eigenvalue weighted by atomic mass is 9.78. The van der Waals surface area contributed by atoms with Crippen LogP contribution < -0.4 is 5.32 Å². The molecule has 5 nitrogen and oxygen atoms in total. The summed E-state index contributed by atoms with van der Waals surface area (Å²) in [6.07, 6.45) is 6.96. The highest BCUT2D eigenvalue weighted by Gasteiger charge is 2.37. The monoisotopic (exact) mass is 446 g/mol. The molecule has 5 rings (SSSR count). The molecular weight excluding hydrogens is 419 g/mol. The minimum atomic E-state index is -0.395. The van der Waals surface area contributed by atoms with E-state index >= 15 is 0 Å². The number of hydrogen-bond acceptors (Lipinski definition) is 3. The van der Waals surface area contributed by atoms with Gasteiger partial charge in [-0.1, -0.05) is 25.0 Å². The maximum absolute atomic E-state index is 13.3. The van der Waals surface area contributed by atoms with Gasteiger partial charge in [0.1, 0.15) is 11.6 Å². The summed E-state index contributed by atoms with van der Waals surface area (Å²) < 4.78 is 19.2. The number of nitrogens with one attached hydrogen (secondary N) is 1. The lowest BCUT2D eigenvalue weighted by molar-refractivity contribution is 0.0363. The van der Waals surface area contributed by atoms with Crippen LogP contribution in [0.1, 0.15) is 59.4 Å². The van der Waals surface area contributed by atoms with Crippen molar-refractivity contribution in [2.75, 3.05) is 11.9 Å². The van der Waals surface area contributed by atoms with Crippen molar-refractivity contribution >= 4 is 17.5 Å². The van der Waals surface area contributed by atoms with Crippen LogP contribution in [0, 0.1) is 11.7 Å². The Labute approximate surface area is 192 Å². The van der Waals surface area contributed by atoms with Crippen molar-refractivity contribution in [3.63, 3.8) is 0 Å². The number of carbonyl (C=O) groups is 2. The van der Waals surface area contributed by atoms with Gasteiger partial charge in [-0.25, -0.2) is 4.39 Å². The first-order chi connectivity index (χ1) is 16.1. The molecule has 3 aromatic rings. The Balaban J connectivity index is 1.36. The average molecular weight is 447 g/mol. The zero-order valence-electron chi connectivity index (χ0n) is 18.4. The first-order valence-electron chi connectivity index (χ1n) is 11.7. The lowest BCUT2D eigenvalue weighted by Crippen LogP contribution is -2.49. The standard InChI is InChI=1S/C27H27FN2O3/c28-20-13-11-19(12-14-20)26(31)29-22-9-3-2-8-21(22)24-15-16-25(33-24)27(32)30-17-5-7-18-6-1-4-10-23(18)30/h2-3,8-9,11-16,18,23H,1,4-7,10,17H2,(H,29,31)/t18-,23-/m0/s1. The Kier molecular flexibility index (Phi) is 5.99. The summed E-state index contributed by atoms with van der Waals surface area (Å²) in [4.78, 5) is 28.0. The molecule has 1 aromatic heterocycles. The number of carbonyl (C=O) groups excluding carboxylic acids is 2. The van der Waals surface area contributed by atoms with Crippen LogP contribution in [0.5, 0.6) is 0 Å². The first-order valence-corrected chi connectivity index (χ1v) is 11.7. The number of furan rings is 1. The number of piperidine rings is 1. The van der Waals surface area contributed by atoms with E-state index in [1.807, 2.05) is 23.1 Å². The van der Waals surface area contributed by atoms with Crippen LogP contribution in [0.2, 0.25) is 0 Å². The highest BCUT2D eigenvalue weighted by Crippen LogP contribution is 2.37. The average Bonchev–Trinajstić information content (AvgIpc) is 3.34. The number of amides is 2. The first kappa shape index (κ1) is 21.4. The molecule has 2 amide bonds. The predicted octanol–water partition coefficient (Wildman–Crippen LogP) is 6.13. The molecule has 2 atom stereocenters. The highest BCUT2D eigenvalue weighted by molar-refractivity contribution is 6.06. The van der Waals surface area contributed by atoms with E-state index in [4.69, 9.17) is 4.42 Å². The number of benzene rings is 2. The zero-order chi connectivity index (χ0) is 22.8.